The second kappa shape index (κ2) is 5.65. The Morgan fingerprint density at radius 2 is 2.00 bits per heavy atom. The Bertz CT molecular complexity index is 75.3. The van der Waals surface area contributed by atoms with Gasteiger partial charge >= 0.3 is 0 Å². The Kier molecular flexibility index (Phi) is 5.58. The summed E-state index contributed by atoms with van der Waals surface area (Å²) in [5.41, 5.74) is 0. The van der Waals surface area contributed by atoms with Crippen LogP contribution in [0.2, 0.25) is 0 Å². The molecule has 0 aromatic heterocycles. The lowest BCUT2D eigenvalue weighted by molar-refractivity contribution is -0.0874. The van der Waals surface area contributed by atoms with Crippen molar-refractivity contribution in [3.05, 3.63) is 0 Å². The van der Waals surface area contributed by atoms with E-state index in [4.69, 9.17) is 14.6 Å². The summed E-state index contributed by atoms with van der Waals surface area (Å²) in [5.74, 6) is 0.176. The minimum absolute atomic E-state index is 0.0601. The minimum Gasteiger partial charge on any atom is -0.396 e. The third-order valence-electron chi connectivity index (χ3n) is 1.54. The van der Waals surface area contributed by atoms with Gasteiger partial charge in [0.25, 0.3) is 0 Å². The van der Waals surface area contributed by atoms with Crippen LogP contribution in [0.3, 0.4) is 0 Å². The topological polar surface area (TPSA) is 38.7 Å². The molecule has 0 aromatic rings. The smallest absolute Gasteiger partial charge is 0.146 e. The molecule has 0 unspecified atom stereocenters. The Balaban J connectivity index is 3.31. The number of methoxy groups -OCH3 is 1. The highest BCUT2D eigenvalue weighted by molar-refractivity contribution is 4.57. The first kappa shape index (κ1) is 9.88. The van der Waals surface area contributed by atoms with E-state index in [2.05, 4.69) is 0 Å². The molecule has 0 aliphatic heterocycles. The maximum atomic E-state index is 8.68. The second-order valence-electron chi connectivity index (χ2n) is 2.44. The fourth-order valence-corrected chi connectivity index (χ4v) is 0.488. The van der Waals surface area contributed by atoms with E-state index in [1.54, 1.807) is 7.11 Å². The van der Waals surface area contributed by atoms with E-state index in [0.29, 0.717) is 6.79 Å². The number of aliphatic hydroxyl groups is 1. The standard InChI is InChI=1S/C7H16O3/c1-6(4-8)7(2)10-5-9-3/h6-8H,4-5H2,1-3H3/t6-,7+/m0/s1. The van der Waals surface area contributed by atoms with Crippen molar-refractivity contribution in [1.29, 1.82) is 0 Å². The van der Waals surface area contributed by atoms with Crippen molar-refractivity contribution in [2.75, 3.05) is 20.5 Å². The minimum atomic E-state index is 0.0601. The normalized spacial score (nSPS) is 16.8. The molecule has 10 heavy (non-hydrogen) atoms. The lowest BCUT2D eigenvalue weighted by Gasteiger charge is -2.17. The lowest BCUT2D eigenvalue weighted by Crippen LogP contribution is -2.21. The molecule has 0 rings (SSSR count). The molecule has 0 aromatic carbocycles. The molecule has 0 aliphatic carbocycles. The Labute approximate surface area is 62.0 Å². The summed E-state index contributed by atoms with van der Waals surface area (Å²) in [4.78, 5) is 0. The molecule has 0 amide bonds. The van der Waals surface area contributed by atoms with Gasteiger partial charge in [0.15, 0.2) is 0 Å². The van der Waals surface area contributed by atoms with Crippen molar-refractivity contribution in [3.8, 4) is 0 Å². The van der Waals surface area contributed by atoms with Gasteiger partial charge in [-0.2, -0.15) is 0 Å². The van der Waals surface area contributed by atoms with E-state index in [1.165, 1.54) is 0 Å². The first-order chi connectivity index (χ1) is 4.72. The van der Waals surface area contributed by atoms with Gasteiger partial charge in [0, 0.05) is 19.6 Å². The van der Waals surface area contributed by atoms with Gasteiger partial charge < -0.3 is 14.6 Å². The third kappa shape index (κ3) is 3.82. The molecule has 0 saturated heterocycles. The largest absolute Gasteiger partial charge is 0.396 e. The summed E-state index contributed by atoms with van der Waals surface area (Å²) < 4.78 is 9.86. The zero-order chi connectivity index (χ0) is 7.98. The maximum absolute atomic E-state index is 8.68. The van der Waals surface area contributed by atoms with Crippen molar-refractivity contribution in [2.45, 2.75) is 20.0 Å². The molecule has 3 heteroatoms. The second-order valence-corrected chi connectivity index (χ2v) is 2.44. The first-order valence-corrected chi connectivity index (χ1v) is 3.43. The van der Waals surface area contributed by atoms with Gasteiger partial charge in [-0.1, -0.05) is 6.92 Å². The highest BCUT2D eigenvalue weighted by Crippen LogP contribution is 2.04. The molecule has 0 saturated carbocycles. The number of rotatable bonds is 5. The lowest BCUT2D eigenvalue weighted by atomic mass is 10.1. The average molecular weight is 148 g/mol. The molecule has 0 bridgehead atoms. The molecule has 0 fully saturated rings. The molecule has 0 aliphatic rings. The fraction of sp³-hybridized carbons (Fsp3) is 1.00. The van der Waals surface area contributed by atoms with Gasteiger partial charge in [0.05, 0.1) is 6.10 Å². The quantitative estimate of drug-likeness (QED) is 0.581. The van der Waals surface area contributed by atoms with Crippen LogP contribution in [-0.4, -0.2) is 31.7 Å². The Hall–Kier alpha value is -0.120. The summed E-state index contributed by atoms with van der Waals surface area (Å²) in [6.45, 7) is 4.30. The van der Waals surface area contributed by atoms with Crippen LogP contribution in [0.1, 0.15) is 13.8 Å². The van der Waals surface area contributed by atoms with E-state index < -0.39 is 0 Å². The zero-order valence-corrected chi connectivity index (χ0v) is 6.83. The Morgan fingerprint density at radius 3 is 2.40 bits per heavy atom. The molecule has 0 radical (unpaired) electrons. The molecule has 2 atom stereocenters. The third-order valence-corrected chi connectivity index (χ3v) is 1.54. The zero-order valence-electron chi connectivity index (χ0n) is 6.83. The van der Waals surface area contributed by atoms with E-state index >= 15 is 0 Å². The van der Waals surface area contributed by atoms with Crippen molar-refractivity contribution in [3.63, 3.8) is 0 Å². The number of ether oxygens (including phenoxy) is 2. The Morgan fingerprint density at radius 1 is 1.40 bits per heavy atom. The molecular formula is C7H16O3. The molecule has 62 valence electrons. The average Bonchev–Trinajstić information content (AvgIpc) is 1.98. The van der Waals surface area contributed by atoms with Crippen LogP contribution in [0, 0.1) is 5.92 Å². The fourth-order valence-electron chi connectivity index (χ4n) is 0.488. The van der Waals surface area contributed by atoms with E-state index in [9.17, 15) is 0 Å². The molecular weight excluding hydrogens is 132 g/mol. The van der Waals surface area contributed by atoms with Gasteiger partial charge in [0.2, 0.25) is 0 Å². The first-order valence-electron chi connectivity index (χ1n) is 3.43. The van der Waals surface area contributed by atoms with Crippen LogP contribution in [0.4, 0.5) is 0 Å². The van der Waals surface area contributed by atoms with Crippen LogP contribution in [-0.2, 0) is 9.47 Å². The number of aliphatic hydroxyl groups excluding tert-OH is 1. The molecule has 0 spiro atoms. The van der Waals surface area contributed by atoms with Gasteiger partial charge in [0.1, 0.15) is 6.79 Å². The molecule has 3 nitrogen and oxygen atoms in total. The van der Waals surface area contributed by atoms with Crippen molar-refractivity contribution < 1.29 is 14.6 Å². The highest BCUT2D eigenvalue weighted by atomic mass is 16.7. The molecule has 0 heterocycles. The molecule has 1 N–H and O–H groups in total. The summed E-state index contributed by atoms with van der Waals surface area (Å²) in [5, 5.41) is 8.68. The van der Waals surface area contributed by atoms with Crippen LogP contribution in [0.15, 0.2) is 0 Å². The van der Waals surface area contributed by atoms with Crippen LogP contribution < -0.4 is 0 Å². The van der Waals surface area contributed by atoms with E-state index in [-0.39, 0.29) is 18.6 Å². The van der Waals surface area contributed by atoms with Gasteiger partial charge in [-0.05, 0) is 6.92 Å². The van der Waals surface area contributed by atoms with Gasteiger partial charge in [-0.3, -0.25) is 0 Å². The van der Waals surface area contributed by atoms with Crippen molar-refractivity contribution >= 4 is 0 Å². The maximum Gasteiger partial charge on any atom is 0.146 e. The predicted molar refractivity (Wildman–Crippen MR) is 38.7 cm³/mol. The van der Waals surface area contributed by atoms with Crippen LogP contribution in [0.5, 0.6) is 0 Å². The predicted octanol–water partition coefficient (Wildman–Crippen LogP) is 0.624. The van der Waals surface area contributed by atoms with Crippen LogP contribution in [0.25, 0.3) is 0 Å². The number of hydrogen-bond acceptors (Lipinski definition) is 3. The summed E-state index contributed by atoms with van der Waals surface area (Å²) in [6.07, 6.45) is 0.0601. The summed E-state index contributed by atoms with van der Waals surface area (Å²) >= 11 is 0. The van der Waals surface area contributed by atoms with E-state index in [0.717, 1.165) is 0 Å². The number of hydrogen-bond donors (Lipinski definition) is 1. The van der Waals surface area contributed by atoms with Gasteiger partial charge in [-0.25, -0.2) is 0 Å². The van der Waals surface area contributed by atoms with Crippen LogP contribution >= 0.6 is 0 Å². The van der Waals surface area contributed by atoms with E-state index in [1.807, 2.05) is 13.8 Å². The van der Waals surface area contributed by atoms with Crippen molar-refractivity contribution in [1.82, 2.24) is 0 Å². The van der Waals surface area contributed by atoms with Crippen molar-refractivity contribution in [2.24, 2.45) is 5.92 Å². The SMILES string of the molecule is COCO[C@H](C)[C@@H](C)CO. The highest BCUT2D eigenvalue weighted by Gasteiger charge is 2.10. The summed E-state index contributed by atoms with van der Waals surface area (Å²) in [6, 6.07) is 0. The summed E-state index contributed by atoms with van der Waals surface area (Å²) in [7, 11) is 1.58. The van der Waals surface area contributed by atoms with Gasteiger partial charge in [-0.15, -0.1) is 0 Å². The monoisotopic (exact) mass is 148 g/mol.